The molecular weight excluding hydrogens is 416 g/mol. The van der Waals surface area contributed by atoms with E-state index in [0.29, 0.717) is 36.4 Å². The maximum Gasteiger partial charge on any atom is 0.407 e. The highest BCUT2D eigenvalue weighted by atomic mass is 16.5. The zero-order valence-corrected chi connectivity index (χ0v) is 19.5. The zero-order chi connectivity index (χ0) is 23.4. The molecule has 2 N–H and O–H groups in total. The van der Waals surface area contributed by atoms with Crippen molar-refractivity contribution in [1.29, 1.82) is 0 Å². The molecule has 33 heavy (non-hydrogen) atoms. The number of alkyl carbamates (subject to hydrolysis) is 1. The molecule has 7 heteroatoms. The molecule has 178 valence electrons. The van der Waals surface area contributed by atoms with Gasteiger partial charge >= 0.3 is 6.09 Å². The van der Waals surface area contributed by atoms with E-state index in [4.69, 9.17) is 14.7 Å². The molecule has 0 saturated carbocycles. The highest BCUT2D eigenvalue weighted by molar-refractivity contribution is 5.92. The largest absolute Gasteiger partial charge is 0.507 e. The quantitative estimate of drug-likeness (QED) is 0.521. The number of ether oxygens (including phenoxy) is 1. The Morgan fingerprint density at radius 1 is 1.27 bits per heavy atom. The third-order valence-electron chi connectivity index (χ3n) is 5.88. The molecule has 1 saturated heterocycles. The zero-order valence-electron chi connectivity index (χ0n) is 19.5. The van der Waals surface area contributed by atoms with Crippen LogP contribution in [0.25, 0.3) is 22.3 Å². The number of anilines is 1. The van der Waals surface area contributed by atoms with Crippen molar-refractivity contribution < 1.29 is 17.5 Å². The first-order chi connectivity index (χ1) is 15.9. The molecule has 1 fully saturated rings. The van der Waals surface area contributed by atoms with Gasteiger partial charge in [0.15, 0.2) is 5.82 Å². The van der Waals surface area contributed by atoms with Gasteiger partial charge in [-0.1, -0.05) is 32.0 Å². The first kappa shape index (κ1) is 22.8. The van der Waals surface area contributed by atoms with E-state index in [0.717, 1.165) is 48.2 Å². The molecule has 1 atom stereocenters. The number of nitrogens with one attached hydrogen (secondary N) is 1. The summed E-state index contributed by atoms with van der Waals surface area (Å²) in [4.78, 5) is 23.9. The smallest absolute Gasteiger partial charge is 0.407 e. The van der Waals surface area contributed by atoms with E-state index in [1.54, 1.807) is 12.1 Å². The Kier molecular flexibility index (Phi) is 6.96. The van der Waals surface area contributed by atoms with E-state index in [1.165, 1.54) is 0 Å². The average Bonchev–Trinajstić information content (AvgIpc) is 2.81. The van der Waals surface area contributed by atoms with Crippen LogP contribution in [0.15, 0.2) is 42.5 Å². The second-order valence-corrected chi connectivity index (χ2v) is 9.24. The molecule has 4 rings (SSSR count). The van der Waals surface area contributed by atoms with E-state index in [9.17, 15) is 9.90 Å². The molecule has 0 radical (unpaired) electrons. The molecule has 2 aromatic carbocycles. The summed E-state index contributed by atoms with van der Waals surface area (Å²) < 4.78 is 5.24. The van der Waals surface area contributed by atoms with Crippen LogP contribution in [-0.2, 0) is 4.74 Å². The fraction of sp³-hybridized carbons (Fsp3) is 0.423. The number of benzene rings is 2. The SMILES string of the molecule is Cc1ccc2c(N3CCC[C@H](CNC(=O)OCC(C)C)C3)nc(-c3ccccc3O)nc2c1.[HH].[HH]. The predicted molar refractivity (Wildman–Crippen MR) is 135 cm³/mol. The molecule has 2 heterocycles. The minimum Gasteiger partial charge on any atom is -0.507 e. The van der Waals surface area contributed by atoms with Crippen molar-refractivity contribution >= 4 is 22.8 Å². The third-order valence-corrected chi connectivity index (χ3v) is 5.88. The van der Waals surface area contributed by atoms with Gasteiger partial charge in [-0.3, -0.25) is 0 Å². The van der Waals surface area contributed by atoms with Gasteiger partial charge < -0.3 is 20.1 Å². The highest BCUT2D eigenvalue weighted by Crippen LogP contribution is 2.33. The summed E-state index contributed by atoms with van der Waals surface area (Å²) in [5.74, 6) is 2.16. The number of carbonyl (C=O) groups is 1. The fourth-order valence-corrected chi connectivity index (χ4v) is 4.19. The second kappa shape index (κ2) is 10.1. The van der Waals surface area contributed by atoms with Crippen molar-refractivity contribution in [1.82, 2.24) is 15.3 Å². The lowest BCUT2D eigenvalue weighted by molar-refractivity contribution is 0.131. The minimum atomic E-state index is -0.356. The van der Waals surface area contributed by atoms with Gasteiger partial charge in [0.1, 0.15) is 11.6 Å². The molecular formula is C26H36N4O3. The summed E-state index contributed by atoms with van der Waals surface area (Å²) in [5.41, 5.74) is 2.59. The number of rotatable bonds is 6. The van der Waals surface area contributed by atoms with E-state index in [-0.39, 0.29) is 14.7 Å². The maximum atomic E-state index is 12.0. The van der Waals surface area contributed by atoms with Crippen molar-refractivity contribution in [2.75, 3.05) is 31.1 Å². The number of phenolic OH excluding ortho intramolecular Hbond substituents is 1. The Hall–Kier alpha value is -3.35. The fourth-order valence-electron chi connectivity index (χ4n) is 4.19. The van der Waals surface area contributed by atoms with Gasteiger partial charge in [-0.2, -0.15) is 0 Å². The molecule has 1 aliphatic rings. The number of aryl methyl sites for hydroxylation is 1. The van der Waals surface area contributed by atoms with Gasteiger partial charge in [0, 0.05) is 27.9 Å². The number of para-hydroxylation sites is 1. The highest BCUT2D eigenvalue weighted by Gasteiger charge is 2.24. The normalized spacial score (nSPS) is 16.2. The summed E-state index contributed by atoms with van der Waals surface area (Å²) in [6.45, 7) is 8.74. The Morgan fingerprint density at radius 3 is 2.88 bits per heavy atom. The van der Waals surface area contributed by atoms with Crippen LogP contribution in [0.1, 0.15) is 35.1 Å². The van der Waals surface area contributed by atoms with Crippen LogP contribution < -0.4 is 10.2 Å². The average molecular weight is 453 g/mol. The van der Waals surface area contributed by atoms with Crippen LogP contribution in [0.2, 0.25) is 0 Å². The third kappa shape index (κ3) is 5.53. The van der Waals surface area contributed by atoms with Crippen LogP contribution in [0, 0.1) is 18.8 Å². The molecule has 0 bridgehead atoms. The Bertz CT molecular complexity index is 1140. The van der Waals surface area contributed by atoms with E-state index in [2.05, 4.69) is 28.4 Å². The summed E-state index contributed by atoms with van der Waals surface area (Å²) in [5, 5.41) is 14.3. The van der Waals surface area contributed by atoms with Crippen LogP contribution in [0.5, 0.6) is 5.75 Å². The molecule has 3 aromatic rings. The van der Waals surface area contributed by atoms with Gasteiger partial charge in [0.05, 0.1) is 17.7 Å². The van der Waals surface area contributed by atoms with Gasteiger partial charge in [-0.25, -0.2) is 14.8 Å². The number of fused-ring (bicyclic) bond motifs is 1. The number of aromatic nitrogens is 2. The van der Waals surface area contributed by atoms with Gasteiger partial charge in [0.2, 0.25) is 0 Å². The first-order valence-corrected chi connectivity index (χ1v) is 11.6. The van der Waals surface area contributed by atoms with Crippen LogP contribution >= 0.6 is 0 Å². The lowest BCUT2D eigenvalue weighted by Gasteiger charge is -2.34. The molecule has 7 nitrogen and oxygen atoms in total. The number of phenols is 1. The van der Waals surface area contributed by atoms with Crippen molar-refractivity contribution in [2.45, 2.75) is 33.6 Å². The second-order valence-electron chi connectivity index (χ2n) is 9.24. The number of piperidine rings is 1. The molecule has 1 amide bonds. The maximum absolute atomic E-state index is 12.0. The van der Waals surface area contributed by atoms with Crippen molar-refractivity contribution in [2.24, 2.45) is 11.8 Å². The number of hydrogen-bond donors (Lipinski definition) is 2. The molecule has 1 aromatic heterocycles. The number of carbonyl (C=O) groups excluding carboxylic acids is 1. The van der Waals surface area contributed by atoms with Gasteiger partial charge in [-0.15, -0.1) is 0 Å². The monoisotopic (exact) mass is 452 g/mol. The number of amides is 1. The van der Waals surface area contributed by atoms with Crippen molar-refractivity contribution in [3.05, 3.63) is 48.0 Å². The Labute approximate surface area is 197 Å². The summed E-state index contributed by atoms with van der Waals surface area (Å²) in [6.07, 6.45) is 1.69. The van der Waals surface area contributed by atoms with Crippen LogP contribution in [0.4, 0.5) is 10.6 Å². The minimum absolute atomic E-state index is 0. The van der Waals surface area contributed by atoms with E-state index in [1.807, 2.05) is 32.9 Å². The van der Waals surface area contributed by atoms with Crippen molar-refractivity contribution in [3.8, 4) is 17.1 Å². The van der Waals surface area contributed by atoms with E-state index >= 15 is 0 Å². The Morgan fingerprint density at radius 2 is 2.09 bits per heavy atom. The van der Waals surface area contributed by atoms with Crippen LogP contribution in [-0.4, -0.2) is 47.4 Å². The molecule has 0 spiro atoms. The molecule has 0 unspecified atom stereocenters. The van der Waals surface area contributed by atoms with Gasteiger partial charge in [0.25, 0.3) is 0 Å². The topological polar surface area (TPSA) is 87.6 Å². The number of nitrogens with zero attached hydrogens (tertiary/aromatic N) is 3. The Balaban J connectivity index is 0.00000216. The lowest BCUT2D eigenvalue weighted by Crippen LogP contribution is -2.41. The number of aromatic hydroxyl groups is 1. The first-order valence-electron chi connectivity index (χ1n) is 11.6. The summed E-state index contributed by atoms with van der Waals surface area (Å²) >= 11 is 0. The standard InChI is InChI=1S/C26H32N4O3.2H2/c1-17(2)16-33-26(32)27-14-19-7-6-12-30(15-19)25-20-11-10-18(3)13-22(20)28-24(29-25)21-8-4-5-9-23(21)31;;/h4-5,8-11,13,17,19,31H,6-7,12,14-16H2,1-3H3,(H,27,32);2*1H/t19-;;/m1../s1. The molecule has 1 aliphatic heterocycles. The molecule has 0 aliphatic carbocycles. The van der Waals surface area contributed by atoms with Crippen LogP contribution in [0.3, 0.4) is 0 Å². The lowest BCUT2D eigenvalue weighted by atomic mass is 9.97. The summed E-state index contributed by atoms with van der Waals surface area (Å²) in [7, 11) is 0. The summed E-state index contributed by atoms with van der Waals surface area (Å²) in [6, 6.07) is 13.3. The van der Waals surface area contributed by atoms with E-state index < -0.39 is 0 Å². The number of hydrogen-bond acceptors (Lipinski definition) is 6. The van der Waals surface area contributed by atoms with Crippen molar-refractivity contribution in [3.63, 3.8) is 0 Å². The van der Waals surface area contributed by atoms with Gasteiger partial charge in [-0.05, 0) is 61.4 Å². The predicted octanol–water partition coefficient (Wildman–Crippen LogP) is 5.40.